The summed E-state index contributed by atoms with van der Waals surface area (Å²) in [6.07, 6.45) is 5.49. The molecule has 2 aliphatic rings. The molecule has 6 heteroatoms. The second-order valence-electron chi connectivity index (χ2n) is 6.08. The molecule has 2 heterocycles. The molecule has 4 rings (SSSR count). The number of hydrogen-bond acceptors (Lipinski definition) is 4. The van der Waals surface area contributed by atoms with E-state index in [4.69, 9.17) is 16.6 Å². The summed E-state index contributed by atoms with van der Waals surface area (Å²) < 4.78 is 13.4. The highest BCUT2D eigenvalue weighted by atomic mass is 35.5. The summed E-state index contributed by atoms with van der Waals surface area (Å²) in [7, 11) is 0. The van der Waals surface area contributed by atoms with Gasteiger partial charge in [0.1, 0.15) is 11.7 Å². The van der Waals surface area contributed by atoms with Crippen LogP contribution in [-0.4, -0.2) is 22.6 Å². The third-order valence-electron chi connectivity index (χ3n) is 4.47. The second-order valence-corrected chi connectivity index (χ2v) is 6.49. The van der Waals surface area contributed by atoms with Crippen molar-refractivity contribution in [1.82, 2.24) is 10.3 Å². The van der Waals surface area contributed by atoms with Crippen LogP contribution in [0.25, 0.3) is 5.70 Å². The fourth-order valence-electron chi connectivity index (χ4n) is 3.29. The number of rotatable bonds is 2. The first-order chi connectivity index (χ1) is 12.1. The van der Waals surface area contributed by atoms with Gasteiger partial charge in [-0.2, -0.15) is 0 Å². The molecule has 0 spiro atoms. The van der Waals surface area contributed by atoms with Crippen LogP contribution in [-0.2, 0) is 4.79 Å². The van der Waals surface area contributed by atoms with Gasteiger partial charge in [0.15, 0.2) is 5.78 Å². The summed E-state index contributed by atoms with van der Waals surface area (Å²) in [6.45, 7) is 0. The van der Waals surface area contributed by atoms with E-state index in [1.165, 1.54) is 12.1 Å². The van der Waals surface area contributed by atoms with Crippen LogP contribution in [0.4, 0.5) is 4.39 Å². The van der Waals surface area contributed by atoms with Gasteiger partial charge in [0, 0.05) is 35.5 Å². The first-order valence-electron chi connectivity index (χ1n) is 8.11. The number of ketones is 1. The average molecular weight is 356 g/mol. The van der Waals surface area contributed by atoms with Crippen LogP contribution < -0.4 is 5.32 Å². The van der Waals surface area contributed by atoms with Gasteiger partial charge in [-0.3, -0.25) is 14.8 Å². The molecule has 0 amide bonds. The van der Waals surface area contributed by atoms with E-state index in [9.17, 15) is 9.18 Å². The minimum atomic E-state index is -0.412. The molecule has 25 heavy (non-hydrogen) atoms. The normalized spacial score (nSPS) is 20.0. The van der Waals surface area contributed by atoms with Gasteiger partial charge in [-0.25, -0.2) is 4.39 Å². The van der Waals surface area contributed by atoms with Crippen LogP contribution >= 0.6 is 11.6 Å². The molecule has 1 aromatic carbocycles. The van der Waals surface area contributed by atoms with Gasteiger partial charge in [0.05, 0.1) is 16.8 Å². The van der Waals surface area contributed by atoms with Crippen molar-refractivity contribution >= 4 is 28.9 Å². The van der Waals surface area contributed by atoms with Crippen molar-refractivity contribution in [3.05, 3.63) is 70.3 Å². The predicted octanol–water partition coefficient (Wildman–Crippen LogP) is 3.76. The number of Topliss-reactive ketones (excluding diaryl/α,β-unsaturated/α-hetero) is 1. The molecule has 0 saturated heterocycles. The van der Waals surface area contributed by atoms with E-state index in [0.29, 0.717) is 29.1 Å². The number of benzene rings is 1. The summed E-state index contributed by atoms with van der Waals surface area (Å²) in [5.41, 5.74) is 2.75. The number of pyridine rings is 1. The van der Waals surface area contributed by atoms with Crippen molar-refractivity contribution in [2.24, 2.45) is 4.99 Å². The molecule has 126 valence electrons. The zero-order chi connectivity index (χ0) is 17.4. The maximum Gasteiger partial charge on any atom is 0.163 e. The van der Waals surface area contributed by atoms with Crippen LogP contribution in [0, 0.1) is 5.82 Å². The lowest BCUT2D eigenvalue weighted by atomic mass is 9.85. The summed E-state index contributed by atoms with van der Waals surface area (Å²) >= 11 is 6.26. The van der Waals surface area contributed by atoms with Gasteiger partial charge < -0.3 is 5.32 Å². The van der Waals surface area contributed by atoms with Crippen LogP contribution in [0.5, 0.6) is 0 Å². The fourth-order valence-corrected chi connectivity index (χ4v) is 3.55. The third kappa shape index (κ3) is 2.96. The average Bonchev–Trinajstić information content (AvgIpc) is 2.62. The van der Waals surface area contributed by atoms with E-state index in [1.54, 1.807) is 18.5 Å². The first kappa shape index (κ1) is 16.0. The Morgan fingerprint density at radius 3 is 2.76 bits per heavy atom. The molecular formula is C19H15ClFN3O. The lowest BCUT2D eigenvalue weighted by Gasteiger charge is -2.31. The minimum Gasteiger partial charge on any atom is -0.339 e. The maximum atomic E-state index is 13.4. The van der Waals surface area contributed by atoms with Crippen LogP contribution in [0.3, 0.4) is 0 Å². The molecule has 0 bridgehead atoms. The Labute approximate surface area is 149 Å². The standard InChI is InChI=1S/C19H15ClFN3O/c20-14-10-12(21)4-5-13(14)18-17-15(2-1-3-16(17)25)23-19(24-18)11-6-8-22-9-7-11/h4-10,15H,1-3H2,(H,23,24). The molecule has 1 aliphatic heterocycles. The molecule has 1 N–H and O–H groups in total. The Kier molecular flexibility index (Phi) is 4.09. The number of amidine groups is 1. The van der Waals surface area contributed by atoms with Gasteiger partial charge in [-0.15, -0.1) is 0 Å². The second kappa shape index (κ2) is 6.41. The number of carbonyl (C=O) groups is 1. The summed E-state index contributed by atoms with van der Waals surface area (Å²) in [5, 5.41) is 3.52. The molecule has 2 aromatic rings. The van der Waals surface area contributed by atoms with Crippen molar-refractivity contribution < 1.29 is 9.18 Å². The topological polar surface area (TPSA) is 54.4 Å². The van der Waals surface area contributed by atoms with Gasteiger partial charge in [-0.1, -0.05) is 11.6 Å². The highest BCUT2D eigenvalue weighted by Gasteiger charge is 2.33. The molecule has 1 aromatic heterocycles. The minimum absolute atomic E-state index is 0.0664. The molecular weight excluding hydrogens is 341 g/mol. The maximum absolute atomic E-state index is 13.4. The quantitative estimate of drug-likeness (QED) is 0.892. The number of aliphatic imine (C=N–C) groups is 1. The van der Waals surface area contributed by atoms with E-state index >= 15 is 0 Å². The van der Waals surface area contributed by atoms with Gasteiger partial charge in [-0.05, 0) is 43.2 Å². The lowest BCUT2D eigenvalue weighted by Crippen LogP contribution is -2.37. The van der Waals surface area contributed by atoms with Gasteiger partial charge >= 0.3 is 0 Å². The summed E-state index contributed by atoms with van der Waals surface area (Å²) in [4.78, 5) is 21.3. The number of nitrogens with one attached hydrogen (secondary N) is 1. The first-order valence-corrected chi connectivity index (χ1v) is 8.49. The molecule has 1 unspecified atom stereocenters. The van der Waals surface area contributed by atoms with E-state index in [0.717, 1.165) is 18.4 Å². The zero-order valence-electron chi connectivity index (χ0n) is 13.3. The Morgan fingerprint density at radius 2 is 2.00 bits per heavy atom. The number of halogens is 2. The van der Waals surface area contributed by atoms with E-state index in [-0.39, 0.29) is 16.8 Å². The zero-order valence-corrected chi connectivity index (χ0v) is 14.1. The largest absolute Gasteiger partial charge is 0.339 e. The monoisotopic (exact) mass is 355 g/mol. The van der Waals surface area contributed by atoms with Crippen molar-refractivity contribution in [3.8, 4) is 0 Å². The predicted molar refractivity (Wildman–Crippen MR) is 94.9 cm³/mol. The van der Waals surface area contributed by atoms with Crippen molar-refractivity contribution in [3.63, 3.8) is 0 Å². The highest BCUT2D eigenvalue weighted by Crippen LogP contribution is 2.35. The number of hydrogen-bond donors (Lipinski definition) is 1. The summed E-state index contributed by atoms with van der Waals surface area (Å²) in [5.74, 6) is 0.322. The third-order valence-corrected chi connectivity index (χ3v) is 4.78. The fraction of sp³-hybridized carbons (Fsp3) is 0.211. The van der Waals surface area contributed by atoms with Crippen molar-refractivity contribution in [2.45, 2.75) is 25.3 Å². The van der Waals surface area contributed by atoms with E-state index in [2.05, 4.69) is 10.3 Å². The van der Waals surface area contributed by atoms with Gasteiger partial charge in [0.2, 0.25) is 0 Å². The number of carbonyl (C=O) groups excluding carboxylic acids is 1. The molecule has 1 fully saturated rings. The van der Waals surface area contributed by atoms with Crippen LogP contribution in [0.1, 0.15) is 30.4 Å². The van der Waals surface area contributed by atoms with Crippen molar-refractivity contribution in [1.29, 1.82) is 0 Å². The van der Waals surface area contributed by atoms with Crippen molar-refractivity contribution in [2.75, 3.05) is 0 Å². The number of fused-ring (bicyclic) bond motifs is 1. The van der Waals surface area contributed by atoms with Crippen LogP contribution in [0.15, 0.2) is 53.3 Å². The van der Waals surface area contributed by atoms with Gasteiger partial charge in [0.25, 0.3) is 0 Å². The molecule has 1 saturated carbocycles. The molecule has 1 atom stereocenters. The summed E-state index contributed by atoms with van der Waals surface area (Å²) in [6, 6.07) is 7.70. The molecule has 0 radical (unpaired) electrons. The molecule has 1 aliphatic carbocycles. The van der Waals surface area contributed by atoms with E-state index in [1.807, 2.05) is 12.1 Å². The number of aromatic nitrogens is 1. The highest BCUT2D eigenvalue weighted by molar-refractivity contribution is 6.33. The smallest absolute Gasteiger partial charge is 0.163 e. The Hall–Kier alpha value is -2.53. The SMILES string of the molecule is O=C1CCCC2N=C(c3ccncc3)NC(c3ccc(F)cc3Cl)=C12. The Bertz CT molecular complexity index is 908. The Balaban J connectivity index is 1.85. The van der Waals surface area contributed by atoms with Crippen LogP contribution in [0.2, 0.25) is 5.02 Å². The lowest BCUT2D eigenvalue weighted by molar-refractivity contribution is -0.116. The van der Waals surface area contributed by atoms with E-state index < -0.39 is 5.82 Å². The molecule has 4 nitrogen and oxygen atoms in total. The number of nitrogens with zero attached hydrogens (tertiary/aromatic N) is 2. The Morgan fingerprint density at radius 1 is 1.20 bits per heavy atom.